The Kier molecular flexibility index (Phi) is 6.17. The van der Waals surface area contributed by atoms with E-state index in [0.29, 0.717) is 35.7 Å². The van der Waals surface area contributed by atoms with E-state index >= 15 is 0 Å². The van der Waals surface area contributed by atoms with Crippen LogP contribution in [0.5, 0.6) is 5.75 Å². The number of ether oxygens (including phenoxy) is 1. The molecule has 0 aliphatic carbocycles. The molecule has 0 heterocycles. The number of amides is 2. The topological polar surface area (TPSA) is 58.6 Å². The summed E-state index contributed by atoms with van der Waals surface area (Å²) in [6, 6.07) is 12.3. The monoisotopic (exact) mass is 340 g/mol. The molecule has 0 bridgehead atoms. The van der Waals surface area contributed by atoms with Crippen molar-refractivity contribution >= 4 is 17.5 Å². The Balaban J connectivity index is 2.16. The molecular weight excluding hydrogens is 316 g/mol. The quantitative estimate of drug-likeness (QED) is 0.871. The van der Waals surface area contributed by atoms with Gasteiger partial charge in [0.05, 0.1) is 12.8 Å². The van der Waals surface area contributed by atoms with E-state index in [4.69, 9.17) is 4.74 Å². The van der Waals surface area contributed by atoms with Gasteiger partial charge in [-0.1, -0.05) is 6.07 Å². The van der Waals surface area contributed by atoms with Gasteiger partial charge >= 0.3 is 0 Å². The minimum absolute atomic E-state index is 0.0303. The first-order chi connectivity index (χ1) is 12.0. The summed E-state index contributed by atoms with van der Waals surface area (Å²) in [5.74, 6) is 0.329. The van der Waals surface area contributed by atoms with E-state index in [1.165, 1.54) is 0 Å². The number of hydrogen-bond donors (Lipinski definition) is 1. The number of methoxy groups -OCH3 is 1. The van der Waals surface area contributed by atoms with Crippen LogP contribution in [0, 0.1) is 6.92 Å². The van der Waals surface area contributed by atoms with Crippen LogP contribution >= 0.6 is 0 Å². The van der Waals surface area contributed by atoms with E-state index in [1.54, 1.807) is 36.3 Å². The van der Waals surface area contributed by atoms with Gasteiger partial charge in [0.2, 0.25) is 0 Å². The van der Waals surface area contributed by atoms with Crippen molar-refractivity contribution in [3.63, 3.8) is 0 Å². The lowest BCUT2D eigenvalue weighted by Gasteiger charge is -2.18. The number of hydrogen-bond acceptors (Lipinski definition) is 3. The largest absolute Gasteiger partial charge is 0.495 e. The summed E-state index contributed by atoms with van der Waals surface area (Å²) < 4.78 is 5.27. The highest BCUT2D eigenvalue weighted by Gasteiger charge is 2.14. The Morgan fingerprint density at radius 2 is 1.60 bits per heavy atom. The summed E-state index contributed by atoms with van der Waals surface area (Å²) >= 11 is 0. The second kappa shape index (κ2) is 8.33. The first-order valence-electron chi connectivity index (χ1n) is 8.35. The third-order valence-electron chi connectivity index (χ3n) is 4.05. The zero-order valence-electron chi connectivity index (χ0n) is 15.1. The molecule has 2 amide bonds. The molecule has 0 radical (unpaired) electrons. The van der Waals surface area contributed by atoms with Crippen molar-refractivity contribution in [2.24, 2.45) is 0 Å². The number of nitrogens with zero attached hydrogens (tertiary/aromatic N) is 1. The van der Waals surface area contributed by atoms with Crippen molar-refractivity contribution in [1.82, 2.24) is 4.90 Å². The van der Waals surface area contributed by atoms with Crippen LogP contribution < -0.4 is 10.1 Å². The van der Waals surface area contributed by atoms with E-state index in [-0.39, 0.29) is 11.8 Å². The second-order valence-electron chi connectivity index (χ2n) is 5.71. The summed E-state index contributed by atoms with van der Waals surface area (Å²) in [5.41, 5.74) is 2.71. The fourth-order valence-electron chi connectivity index (χ4n) is 2.57. The number of anilines is 1. The standard InChI is InChI=1S/C20H24N2O3/c1-5-22(6-2)20(24)16-10-8-15(9-11-16)19(23)21-17-13-14(3)7-12-18(17)25-4/h7-13H,5-6H2,1-4H3,(H,21,23). The molecule has 0 saturated carbocycles. The first-order valence-corrected chi connectivity index (χ1v) is 8.35. The molecule has 0 aliphatic heterocycles. The van der Waals surface area contributed by atoms with Gasteiger partial charge in [0, 0.05) is 24.2 Å². The van der Waals surface area contributed by atoms with Crippen molar-refractivity contribution in [2.45, 2.75) is 20.8 Å². The third-order valence-corrected chi connectivity index (χ3v) is 4.05. The summed E-state index contributed by atoms with van der Waals surface area (Å²) in [5, 5.41) is 2.85. The first kappa shape index (κ1) is 18.5. The molecule has 5 nitrogen and oxygen atoms in total. The SMILES string of the molecule is CCN(CC)C(=O)c1ccc(C(=O)Nc2cc(C)ccc2OC)cc1. The number of rotatable bonds is 6. The molecule has 1 N–H and O–H groups in total. The molecule has 2 aromatic carbocycles. The van der Waals surface area contributed by atoms with Crippen molar-refractivity contribution in [3.8, 4) is 5.75 Å². The number of nitrogens with one attached hydrogen (secondary N) is 1. The highest BCUT2D eigenvalue weighted by atomic mass is 16.5. The molecule has 0 aliphatic rings. The van der Waals surface area contributed by atoms with Crippen molar-refractivity contribution in [3.05, 3.63) is 59.2 Å². The van der Waals surface area contributed by atoms with Crippen molar-refractivity contribution in [2.75, 3.05) is 25.5 Å². The van der Waals surface area contributed by atoms with E-state index in [0.717, 1.165) is 5.56 Å². The molecule has 0 spiro atoms. The van der Waals surface area contributed by atoms with Gasteiger partial charge in [-0.05, 0) is 62.7 Å². The lowest BCUT2D eigenvalue weighted by Crippen LogP contribution is -2.30. The van der Waals surface area contributed by atoms with Crippen LogP contribution in [-0.4, -0.2) is 36.9 Å². The van der Waals surface area contributed by atoms with Crippen LogP contribution in [0.2, 0.25) is 0 Å². The van der Waals surface area contributed by atoms with Gasteiger partial charge in [-0.2, -0.15) is 0 Å². The molecule has 25 heavy (non-hydrogen) atoms. The number of carbonyl (C=O) groups excluding carboxylic acids is 2. The maximum atomic E-state index is 12.5. The van der Waals surface area contributed by atoms with E-state index in [9.17, 15) is 9.59 Å². The second-order valence-corrected chi connectivity index (χ2v) is 5.71. The van der Waals surface area contributed by atoms with Crippen LogP contribution in [-0.2, 0) is 0 Å². The van der Waals surface area contributed by atoms with Gasteiger partial charge in [-0.15, -0.1) is 0 Å². The molecule has 0 fully saturated rings. The van der Waals surface area contributed by atoms with Crippen LogP contribution in [0.25, 0.3) is 0 Å². The van der Waals surface area contributed by atoms with E-state index in [2.05, 4.69) is 5.32 Å². The molecule has 2 aromatic rings. The molecule has 0 atom stereocenters. The van der Waals surface area contributed by atoms with Crippen LogP contribution in [0.15, 0.2) is 42.5 Å². The average molecular weight is 340 g/mol. The van der Waals surface area contributed by atoms with Crippen LogP contribution in [0.4, 0.5) is 5.69 Å². The highest BCUT2D eigenvalue weighted by Crippen LogP contribution is 2.25. The fourth-order valence-corrected chi connectivity index (χ4v) is 2.57. The maximum Gasteiger partial charge on any atom is 0.255 e. The predicted octanol–water partition coefficient (Wildman–Crippen LogP) is 3.74. The molecule has 2 rings (SSSR count). The molecule has 0 aromatic heterocycles. The summed E-state index contributed by atoms with van der Waals surface area (Å²) in [4.78, 5) is 26.5. The summed E-state index contributed by atoms with van der Waals surface area (Å²) in [6.45, 7) is 7.15. The van der Waals surface area contributed by atoms with Crippen molar-refractivity contribution < 1.29 is 14.3 Å². The van der Waals surface area contributed by atoms with Crippen LogP contribution in [0.1, 0.15) is 40.1 Å². The molecular formula is C20H24N2O3. The van der Waals surface area contributed by atoms with Gasteiger partial charge < -0.3 is 15.0 Å². The third kappa shape index (κ3) is 4.38. The smallest absolute Gasteiger partial charge is 0.255 e. The normalized spacial score (nSPS) is 10.2. The molecule has 132 valence electrons. The lowest BCUT2D eigenvalue weighted by atomic mass is 10.1. The van der Waals surface area contributed by atoms with Gasteiger partial charge in [0.1, 0.15) is 5.75 Å². The predicted molar refractivity (Wildman–Crippen MR) is 99.4 cm³/mol. The van der Waals surface area contributed by atoms with Gasteiger partial charge in [-0.25, -0.2) is 0 Å². The minimum Gasteiger partial charge on any atom is -0.495 e. The zero-order chi connectivity index (χ0) is 18.4. The molecule has 5 heteroatoms. The lowest BCUT2D eigenvalue weighted by molar-refractivity contribution is 0.0772. The number of benzene rings is 2. The van der Waals surface area contributed by atoms with Crippen LogP contribution in [0.3, 0.4) is 0 Å². The summed E-state index contributed by atoms with van der Waals surface area (Å²) in [7, 11) is 1.56. The van der Waals surface area contributed by atoms with Gasteiger partial charge in [0.15, 0.2) is 0 Å². The highest BCUT2D eigenvalue weighted by molar-refractivity contribution is 6.05. The Hall–Kier alpha value is -2.82. The maximum absolute atomic E-state index is 12.5. The summed E-state index contributed by atoms with van der Waals surface area (Å²) in [6.07, 6.45) is 0. The molecule has 0 saturated heterocycles. The Morgan fingerprint density at radius 1 is 1.00 bits per heavy atom. The Morgan fingerprint density at radius 3 is 2.16 bits per heavy atom. The zero-order valence-corrected chi connectivity index (χ0v) is 15.1. The molecule has 0 unspecified atom stereocenters. The van der Waals surface area contributed by atoms with Gasteiger partial charge in [0.25, 0.3) is 11.8 Å². The Labute approximate surface area is 148 Å². The fraction of sp³-hybridized carbons (Fsp3) is 0.300. The Bertz CT molecular complexity index is 750. The van der Waals surface area contributed by atoms with Crippen molar-refractivity contribution in [1.29, 1.82) is 0 Å². The van der Waals surface area contributed by atoms with Gasteiger partial charge in [-0.3, -0.25) is 9.59 Å². The van der Waals surface area contributed by atoms with E-state index < -0.39 is 0 Å². The number of carbonyl (C=O) groups is 2. The number of aryl methyl sites for hydroxylation is 1. The minimum atomic E-state index is -0.245. The average Bonchev–Trinajstić information content (AvgIpc) is 2.63. The van der Waals surface area contributed by atoms with E-state index in [1.807, 2.05) is 39.0 Å².